The average Bonchev–Trinajstić information content (AvgIpc) is 2.56. The summed E-state index contributed by atoms with van der Waals surface area (Å²) in [5.74, 6) is 2.35. The number of rotatable bonds is 4. The van der Waals surface area contributed by atoms with Gasteiger partial charge in [-0.1, -0.05) is 36.4 Å². The van der Waals surface area contributed by atoms with Crippen molar-refractivity contribution in [1.82, 2.24) is 4.98 Å². The van der Waals surface area contributed by atoms with Crippen molar-refractivity contribution in [3.05, 3.63) is 59.8 Å². The largest absolute Gasteiger partial charge is 0.357 e. The molecule has 0 unspecified atom stereocenters. The van der Waals surface area contributed by atoms with E-state index in [0.717, 1.165) is 30.5 Å². The molecular weight excluding hydrogens is 280 g/mol. The zero-order chi connectivity index (χ0) is 14.5. The van der Waals surface area contributed by atoms with Crippen LogP contribution in [0.1, 0.15) is 24.1 Å². The molecule has 1 aliphatic rings. The molecule has 3 heteroatoms. The van der Waals surface area contributed by atoms with Gasteiger partial charge < -0.3 is 4.90 Å². The summed E-state index contributed by atoms with van der Waals surface area (Å²) in [6.45, 7) is 2.19. The molecule has 0 bridgehead atoms. The molecule has 1 aromatic carbocycles. The molecule has 0 saturated carbocycles. The predicted octanol–water partition coefficient (Wildman–Crippen LogP) is 4.28. The van der Waals surface area contributed by atoms with Gasteiger partial charge in [0.2, 0.25) is 0 Å². The lowest BCUT2D eigenvalue weighted by Gasteiger charge is -2.33. The van der Waals surface area contributed by atoms with Crippen LogP contribution in [0.25, 0.3) is 0 Å². The van der Waals surface area contributed by atoms with Crippen molar-refractivity contribution in [2.24, 2.45) is 5.92 Å². The number of aromatic nitrogens is 1. The summed E-state index contributed by atoms with van der Waals surface area (Å²) >= 11 is 5.87. The third kappa shape index (κ3) is 3.76. The lowest BCUT2D eigenvalue weighted by molar-refractivity contribution is 0.402. The van der Waals surface area contributed by atoms with Crippen LogP contribution in [0, 0.1) is 5.92 Å². The first-order valence-electron chi connectivity index (χ1n) is 7.66. The van der Waals surface area contributed by atoms with Crippen LogP contribution in [0.15, 0.2) is 48.5 Å². The van der Waals surface area contributed by atoms with Gasteiger partial charge >= 0.3 is 0 Å². The van der Waals surface area contributed by atoms with Gasteiger partial charge in [-0.2, -0.15) is 0 Å². The van der Waals surface area contributed by atoms with Crippen molar-refractivity contribution in [2.45, 2.75) is 25.1 Å². The second-order valence-corrected chi connectivity index (χ2v) is 6.01. The van der Waals surface area contributed by atoms with Crippen molar-refractivity contribution in [2.75, 3.05) is 18.0 Å². The van der Waals surface area contributed by atoms with Crippen LogP contribution in [0.5, 0.6) is 0 Å². The van der Waals surface area contributed by atoms with E-state index in [9.17, 15) is 0 Å². The molecule has 2 aromatic rings. The van der Waals surface area contributed by atoms with Crippen LogP contribution in [0.4, 0.5) is 5.82 Å². The summed E-state index contributed by atoms with van der Waals surface area (Å²) in [5, 5.41) is 0. The Hall–Kier alpha value is -1.54. The predicted molar refractivity (Wildman–Crippen MR) is 88.9 cm³/mol. The van der Waals surface area contributed by atoms with Crippen LogP contribution in [-0.4, -0.2) is 18.1 Å². The molecule has 1 fully saturated rings. The topological polar surface area (TPSA) is 16.1 Å². The van der Waals surface area contributed by atoms with Crippen molar-refractivity contribution in [3.8, 4) is 0 Å². The number of benzene rings is 1. The summed E-state index contributed by atoms with van der Waals surface area (Å²) in [6, 6.07) is 16.9. The lowest BCUT2D eigenvalue weighted by atomic mass is 9.90. The Balaban J connectivity index is 1.57. The summed E-state index contributed by atoms with van der Waals surface area (Å²) < 4.78 is 0. The van der Waals surface area contributed by atoms with Gasteiger partial charge in [0.15, 0.2) is 0 Å². The van der Waals surface area contributed by atoms with E-state index in [4.69, 9.17) is 11.6 Å². The monoisotopic (exact) mass is 300 g/mol. The zero-order valence-electron chi connectivity index (χ0n) is 12.2. The molecule has 0 atom stereocenters. The molecule has 2 heterocycles. The van der Waals surface area contributed by atoms with Crippen molar-refractivity contribution in [3.63, 3.8) is 0 Å². The first kappa shape index (κ1) is 14.4. The number of halogens is 1. The molecule has 0 amide bonds. The molecule has 0 radical (unpaired) electrons. The molecule has 0 aliphatic carbocycles. The SMILES string of the molecule is ClCc1cccc(N2CCC(Cc3ccccc3)CC2)n1. The molecular formula is C18H21ClN2. The number of piperidine rings is 1. The Morgan fingerprint density at radius 3 is 2.48 bits per heavy atom. The van der Waals surface area contributed by atoms with E-state index in [0.29, 0.717) is 5.88 Å². The van der Waals surface area contributed by atoms with Crippen molar-refractivity contribution >= 4 is 17.4 Å². The highest BCUT2D eigenvalue weighted by atomic mass is 35.5. The van der Waals surface area contributed by atoms with Gasteiger partial charge in [-0.05, 0) is 42.9 Å². The van der Waals surface area contributed by atoms with Crippen LogP contribution in [0.2, 0.25) is 0 Å². The maximum atomic E-state index is 5.87. The van der Waals surface area contributed by atoms with Gasteiger partial charge in [0.1, 0.15) is 5.82 Å². The highest BCUT2D eigenvalue weighted by Gasteiger charge is 2.20. The molecule has 110 valence electrons. The molecule has 21 heavy (non-hydrogen) atoms. The van der Waals surface area contributed by atoms with Crippen molar-refractivity contribution in [1.29, 1.82) is 0 Å². The Kier molecular flexibility index (Phi) is 4.76. The van der Waals surface area contributed by atoms with E-state index in [1.807, 2.05) is 6.07 Å². The number of pyridine rings is 1. The van der Waals surface area contributed by atoms with E-state index in [1.165, 1.54) is 24.8 Å². The molecule has 1 aromatic heterocycles. The standard InChI is InChI=1S/C18H21ClN2/c19-14-17-7-4-8-18(20-17)21-11-9-16(10-12-21)13-15-5-2-1-3-6-15/h1-8,16H,9-14H2. The van der Waals surface area contributed by atoms with Gasteiger partial charge in [-0.3, -0.25) is 0 Å². The Morgan fingerprint density at radius 2 is 1.76 bits per heavy atom. The zero-order valence-corrected chi connectivity index (χ0v) is 13.0. The van der Waals surface area contributed by atoms with Gasteiger partial charge in [-0.15, -0.1) is 11.6 Å². The first-order valence-corrected chi connectivity index (χ1v) is 8.19. The number of hydrogen-bond acceptors (Lipinski definition) is 2. The minimum absolute atomic E-state index is 0.484. The van der Waals surface area contributed by atoms with Gasteiger partial charge in [0, 0.05) is 13.1 Å². The van der Waals surface area contributed by atoms with Crippen LogP contribution >= 0.6 is 11.6 Å². The summed E-state index contributed by atoms with van der Waals surface area (Å²) in [4.78, 5) is 7.00. The minimum atomic E-state index is 0.484. The maximum absolute atomic E-state index is 5.87. The fourth-order valence-electron chi connectivity index (χ4n) is 3.03. The van der Waals surface area contributed by atoms with Crippen LogP contribution < -0.4 is 4.90 Å². The fraction of sp³-hybridized carbons (Fsp3) is 0.389. The Morgan fingerprint density at radius 1 is 1.00 bits per heavy atom. The molecule has 0 N–H and O–H groups in total. The second kappa shape index (κ2) is 6.95. The van der Waals surface area contributed by atoms with E-state index >= 15 is 0 Å². The highest BCUT2D eigenvalue weighted by Crippen LogP contribution is 2.25. The summed E-state index contributed by atoms with van der Waals surface area (Å²) in [7, 11) is 0. The first-order chi connectivity index (χ1) is 10.3. The van der Waals surface area contributed by atoms with Crippen molar-refractivity contribution < 1.29 is 0 Å². The van der Waals surface area contributed by atoms with E-state index in [2.05, 4.69) is 52.3 Å². The number of alkyl halides is 1. The highest BCUT2D eigenvalue weighted by molar-refractivity contribution is 6.16. The van der Waals surface area contributed by atoms with Crippen LogP contribution in [0.3, 0.4) is 0 Å². The maximum Gasteiger partial charge on any atom is 0.128 e. The quantitative estimate of drug-likeness (QED) is 0.784. The van der Waals surface area contributed by atoms with Gasteiger partial charge in [0.05, 0.1) is 11.6 Å². The number of hydrogen-bond donors (Lipinski definition) is 0. The lowest BCUT2D eigenvalue weighted by Crippen LogP contribution is -2.34. The van der Waals surface area contributed by atoms with Gasteiger partial charge in [-0.25, -0.2) is 4.98 Å². The number of nitrogens with zero attached hydrogens (tertiary/aromatic N) is 2. The Bertz CT molecular complexity index is 562. The average molecular weight is 301 g/mol. The van der Waals surface area contributed by atoms with E-state index < -0.39 is 0 Å². The summed E-state index contributed by atoms with van der Waals surface area (Å²) in [6.07, 6.45) is 3.67. The molecule has 0 spiro atoms. The molecule has 2 nitrogen and oxygen atoms in total. The third-order valence-corrected chi connectivity index (χ3v) is 4.51. The Labute approximate surface area is 131 Å². The second-order valence-electron chi connectivity index (χ2n) is 5.74. The van der Waals surface area contributed by atoms with E-state index in [1.54, 1.807) is 0 Å². The molecule has 3 rings (SSSR count). The fourth-order valence-corrected chi connectivity index (χ4v) is 3.18. The van der Waals surface area contributed by atoms with Crippen LogP contribution in [-0.2, 0) is 12.3 Å². The normalized spacial score (nSPS) is 16.1. The minimum Gasteiger partial charge on any atom is -0.357 e. The third-order valence-electron chi connectivity index (χ3n) is 4.23. The van der Waals surface area contributed by atoms with Gasteiger partial charge in [0.25, 0.3) is 0 Å². The summed E-state index contributed by atoms with van der Waals surface area (Å²) in [5.41, 5.74) is 2.42. The molecule has 1 aliphatic heterocycles. The molecule has 1 saturated heterocycles. The van der Waals surface area contributed by atoms with E-state index in [-0.39, 0.29) is 0 Å². The number of anilines is 1. The smallest absolute Gasteiger partial charge is 0.128 e.